The normalized spacial score (nSPS) is 28.5. The van der Waals surface area contributed by atoms with E-state index in [0.717, 1.165) is 51.5 Å². The van der Waals surface area contributed by atoms with Gasteiger partial charge in [0.15, 0.2) is 0 Å². The average Bonchev–Trinajstić information content (AvgIpc) is 2.52. The van der Waals surface area contributed by atoms with Gasteiger partial charge in [-0.3, -0.25) is 9.59 Å². The number of hydrogen-bond donors (Lipinski definition) is 0. The number of carbonyl (C=O) groups excluding carboxylic acids is 2. The molecule has 4 heteroatoms. The Bertz CT molecular complexity index is 369. The number of ether oxygens (including phenoxy) is 1. The summed E-state index contributed by atoms with van der Waals surface area (Å²) in [5, 5.41) is 0. The third-order valence-corrected chi connectivity index (χ3v) is 5.10. The monoisotopic (exact) mass is 295 g/mol. The number of amides is 1. The van der Waals surface area contributed by atoms with E-state index in [1.807, 2.05) is 11.8 Å². The van der Waals surface area contributed by atoms with Crippen molar-refractivity contribution < 1.29 is 14.3 Å². The summed E-state index contributed by atoms with van der Waals surface area (Å²) in [6, 6.07) is 0.164. The summed E-state index contributed by atoms with van der Waals surface area (Å²) in [4.78, 5) is 26.8. The predicted octanol–water partition coefficient (Wildman–Crippen LogP) is 2.94. The van der Waals surface area contributed by atoms with Gasteiger partial charge >= 0.3 is 0 Å². The van der Waals surface area contributed by atoms with Crippen LogP contribution in [0.15, 0.2) is 0 Å². The second kappa shape index (κ2) is 7.92. The summed E-state index contributed by atoms with van der Waals surface area (Å²) >= 11 is 0. The van der Waals surface area contributed by atoms with Crippen LogP contribution < -0.4 is 0 Å². The Kier molecular flexibility index (Phi) is 6.22. The molecule has 0 bridgehead atoms. The van der Waals surface area contributed by atoms with Crippen LogP contribution in [0.1, 0.15) is 64.7 Å². The van der Waals surface area contributed by atoms with Crippen molar-refractivity contribution in [2.45, 2.75) is 76.9 Å². The van der Waals surface area contributed by atoms with Gasteiger partial charge in [-0.2, -0.15) is 0 Å². The number of carbonyl (C=O) groups is 2. The highest BCUT2D eigenvalue weighted by Crippen LogP contribution is 2.32. The Balaban J connectivity index is 1.97. The first kappa shape index (κ1) is 16.5. The molecule has 1 heterocycles. The minimum Gasteiger partial charge on any atom is -0.382 e. The molecule has 0 N–H and O–H groups in total. The Morgan fingerprint density at radius 2 is 2.05 bits per heavy atom. The predicted molar refractivity (Wildman–Crippen MR) is 82.0 cm³/mol. The molecule has 0 spiro atoms. The number of rotatable bonds is 5. The van der Waals surface area contributed by atoms with Gasteiger partial charge < -0.3 is 9.64 Å². The van der Waals surface area contributed by atoms with Crippen LogP contribution in [-0.2, 0) is 14.3 Å². The smallest absolute Gasteiger partial charge is 0.222 e. The van der Waals surface area contributed by atoms with Crippen molar-refractivity contribution in [3.63, 3.8) is 0 Å². The van der Waals surface area contributed by atoms with Gasteiger partial charge in [0.2, 0.25) is 5.91 Å². The number of Topliss-reactive ketones (excluding diaryl/α,β-unsaturated/α-hetero) is 1. The molecule has 0 aromatic rings. The Morgan fingerprint density at radius 3 is 2.76 bits per heavy atom. The molecule has 2 rings (SSSR count). The highest BCUT2D eigenvalue weighted by atomic mass is 16.5. The van der Waals surface area contributed by atoms with Gasteiger partial charge in [0.1, 0.15) is 5.78 Å². The molecule has 1 saturated heterocycles. The lowest BCUT2D eigenvalue weighted by atomic mass is 9.79. The topological polar surface area (TPSA) is 46.6 Å². The van der Waals surface area contributed by atoms with Gasteiger partial charge in [0.25, 0.3) is 0 Å². The maximum atomic E-state index is 12.5. The zero-order valence-electron chi connectivity index (χ0n) is 13.5. The molecule has 1 aliphatic heterocycles. The van der Waals surface area contributed by atoms with E-state index in [4.69, 9.17) is 4.74 Å². The third kappa shape index (κ3) is 4.29. The molecule has 3 unspecified atom stereocenters. The summed E-state index contributed by atoms with van der Waals surface area (Å²) in [5.41, 5.74) is 0. The molecule has 3 atom stereocenters. The van der Waals surface area contributed by atoms with E-state index in [1.165, 1.54) is 0 Å². The molecule has 120 valence electrons. The first-order valence-corrected chi connectivity index (χ1v) is 8.48. The fraction of sp³-hybridized carbons (Fsp3) is 0.882. The third-order valence-electron chi connectivity index (χ3n) is 5.10. The lowest BCUT2D eigenvalue weighted by molar-refractivity contribution is -0.140. The zero-order chi connectivity index (χ0) is 15.2. The lowest BCUT2D eigenvalue weighted by Crippen LogP contribution is -2.50. The first-order chi connectivity index (χ1) is 10.1. The van der Waals surface area contributed by atoms with Crippen LogP contribution in [0, 0.1) is 5.92 Å². The highest BCUT2D eigenvalue weighted by molar-refractivity contribution is 5.84. The first-order valence-electron chi connectivity index (χ1n) is 8.48. The fourth-order valence-corrected chi connectivity index (χ4v) is 3.69. The summed E-state index contributed by atoms with van der Waals surface area (Å²) in [6.45, 7) is 2.82. The molecule has 21 heavy (non-hydrogen) atoms. The Labute approximate surface area is 128 Å². The molecule has 1 saturated carbocycles. The maximum Gasteiger partial charge on any atom is 0.222 e. The standard InChI is InChI=1S/C17H29NO3/c1-13(21-2)10-11-17(20)18-12-6-5-8-15(18)14-7-3-4-9-16(14)19/h13-15H,3-12H2,1-2H3. The van der Waals surface area contributed by atoms with Crippen LogP contribution in [0.3, 0.4) is 0 Å². The number of piperidine rings is 1. The quantitative estimate of drug-likeness (QED) is 0.783. The summed E-state index contributed by atoms with van der Waals surface area (Å²) in [6.07, 6.45) is 8.48. The van der Waals surface area contributed by atoms with Crippen LogP contribution in [0.5, 0.6) is 0 Å². The van der Waals surface area contributed by atoms with Gasteiger partial charge in [-0.25, -0.2) is 0 Å². The van der Waals surface area contributed by atoms with Crippen molar-refractivity contribution in [3.8, 4) is 0 Å². The fourth-order valence-electron chi connectivity index (χ4n) is 3.69. The molecule has 4 nitrogen and oxygen atoms in total. The van der Waals surface area contributed by atoms with Gasteiger partial charge in [-0.15, -0.1) is 0 Å². The highest BCUT2D eigenvalue weighted by Gasteiger charge is 2.37. The molecule has 0 radical (unpaired) electrons. The Morgan fingerprint density at radius 1 is 1.29 bits per heavy atom. The van der Waals surface area contributed by atoms with Gasteiger partial charge in [0, 0.05) is 38.5 Å². The maximum absolute atomic E-state index is 12.5. The second-order valence-electron chi connectivity index (χ2n) is 6.55. The van der Waals surface area contributed by atoms with Crippen molar-refractivity contribution in [2.75, 3.05) is 13.7 Å². The molecule has 2 aliphatic rings. The molecular formula is C17H29NO3. The number of likely N-dealkylation sites (tertiary alicyclic amines) is 1. The van der Waals surface area contributed by atoms with E-state index in [-0.39, 0.29) is 24.0 Å². The van der Waals surface area contributed by atoms with Crippen LogP contribution >= 0.6 is 0 Å². The van der Waals surface area contributed by atoms with Crippen LogP contribution in [0.25, 0.3) is 0 Å². The van der Waals surface area contributed by atoms with Crippen molar-refractivity contribution >= 4 is 11.7 Å². The average molecular weight is 295 g/mol. The Hall–Kier alpha value is -0.900. The SMILES string of the molecule is COC(C)CCC(=O)N1CCCCC1C1CCCCC1=O. The van der Waals surface area contributed by atoms with E-state index in [9.17, 15) is 9.59 Å². The minimum atomic E-state index is 0.0999. The summed E-state index contributed by atoms with van der Waals surface area (Å²) < 4.78 is 5.22. The molecule has 0 aromatic heterocycles. The van der Waals surface area contributed by atoms with Crippen LogP contribution in [0.4, 0.5) is 0 Å². The molecule has 1 aliphatic carbocycles. The van der Waals surface area contributed by atoms with E-state index in [1.54, 1.807) is 7.11 Å². The van der Waals surface area contributed by atoms with Crippen LogP contribution in [0.2, 0.25) is 0 Å². The zero-order valence-corrected chi connectivity index (χ0v) is 13.5. The lowest BCUT2D eigenvalue weighted by Gasteiger charge is -2.41. The molecular weight excluding hydrogens is 266 g/mol. The largest absolute Gasteiger partial charge is 0.382 e. The summed E-state index contributed by atoms with van der Waals surface area (Å²) in [5.74, 6) is 0.695. The van der Waals surface area contributed by atoms with Gasteiger partial charge in [-0.05, 0) is 45.4 Å². The van der Waals surface area contributed by atoms with Crippen molar-refractivity contribution in [1.82, 2.24) is 4.90 Å². The van der Waals surface area contributed by atoms with E-state index in [2.05, 4.69) is 0 Å². The van der Waals surface area contributed by atoms with E-state index in [0.29, 0.717) is 18.6 Å². The van der Waals surface area contributed by atoms with E-state index >= 15 is 0 Å². The summed E-state index contributed by atoms with van der Waals surface area (Å²) in [7, 11) is 1.68. The van der Waals surface area contributed by atoms with E-state index < -0.39 is 0 Å². The van der Waals surface area contributed by atoms with Gasteiger partial charge in [0.05, 0.1) is 6.10 Å². The van der Waals surface area contributed by atoms with Gasteiger partial charge in [-0.1, -0.05) is 6.42 Å². The second-order valence-corrected chi connectivity index (χ2v) is 6.55. The molecule has 2 fully saturated rings. The number of ketones is 1. The van der Waals surface area contributed by atoms with Crippen molar-refractivity contribution in [2.24, 2.45) is 5.92 Å². The number of nitrogens with zero attached hydrogens (tertiary/aromatic N) is 1. The van der Waals surface area contributed by atoms with Crippen molar-refractivity contribution in [1.29, 1.82) is 0 Å². The molecule has 0 aromatic carbocycles. The van der Waals surface area contributed by atoms with Crippen molar-refractivity contribution in [3.05, 3.63) is 0 Å². The number of hydrogen-bond acceptors (Lipinski definition) is 3. The molecule has 1 amide bonds. The van der Waals surface area contributed by atoms with Crippen LogP contribution in [-0.4, -0.2) is 42.4 Å². The number of methoxy groups -OCH3 is 1. The minimum absolute atomic E-state index is 0.0999.